The maximum absolute atomic E-state index is 12.0. The summed E-state index contributed by atoms with van der Waals surface area (Å²) in [6.45, 7) is 3.34. The molecule has 2 aliphatic rings. The second-order valence-electron chi connectivity index (χ2n) is 7.30. The Balaban J connectivity index is 1.61. The molecule has 0 aliphatic carbocycles. The van der Waals surface area contributed by atoms with Crippen molar-refractivity contribution < 1.29 is 34.0 Å². The molecule has 0 spiro atoms. The summed E-state index contributed by atoms with van der Waals surface area (Å²) in [5.41, 5.74) is 0.714. The highest BCUT2D eigenvalue weighted by molar-refractivity contribution is 5.97. The highest BCUT2D eigenvalue weighted by Crippen LogP contribution is 2.43. The lowest BCUT2D eigenvalue weighted by molar-refractivity contribution is -0.199. The van der Waals surface area contributed by atoms with Crippen molar-refractivity contribution >= 4 is 28.9 Å². The molecule has 4 heterocycles. The third-order valence-electron chi connectivity index (χ3n) is 4.76. The first-order chi connectivity index (χ1) is 13.8. The summed E-state index contributed by atoms with van der Waals surface area (Å²) in [4.78, 5) is 35.1. The number of aromatic nitrogens is 4. The molecule has 2 saturated heterocycles. The summed E-state index contributed by atoms with van der Waals surface area (Å²) in [5, 5.41) is 20.9. The summed E-state index contributed by atoms with van der Waals surface area (Å²) >= 11 is 0. The Kier molecular flexibility index (Phi) is 4.94. The van der Waals surface area contributed by atoms with Crippen molar-refractivity contribution in [1.82, 2.24) is 19.5 Å². The summed E-state index contributed by atoms with van der Waals surface area (Å²) in [6.07, 6.45) is 0.133. The number of rotatable bonds is 6. The van der Waals surface area contributed by atoms with Gasteiger partial charge in [0.2, 0.25) is 5.91 Å². The predicted molar refractivity (Wildman–Crippen MR) is 95.6 cm³/mol. The van der Waals surface area contributed by atoms with Crippen molar-refractivity contribution in [2.45, 2.75) is 57.0 Å². The zero-order valence-electron chi connectivity index (χ0n) is 15.8. The van der Waals surface area contributed by atoms with Crippen LogP contribution in [-0.2, 0) is 23.8 Å². The van der Waals surface area contributed by atoms with E-state index in [0.29, 0.717) is 11.2 Å². The Hall–Kier alpha value is -2.67. The maximum Gasteiger partial charge on any atom is 0.303 e. The highest BCUT2D eigenvalue weighted by atomic mass is 16.8. The first-order valence-corrected chi connectivity index (χ1v) is 9.10. The van der Waals surface area contributed by atoms with E-state index in [-0.39, 0.29) is 25.3 Å². The Morgan fingerprint density at radius 2 is 1.97 bits per heavy atom. The molecule has 3 N–H and O–H groups in total. The second-order valence-corrected chi connectivity index (χ2v) is 7.30. The minimum atomic E-state index is -1.06. The average molecular weight is 407 g/mol. The minimum absolute atomic E-state index is 0.168. The van der Waals surface area contributed by atoms with Crippen LogP contribution in [0.15, 0.2) is 12.7 Å². The molecule has 156 valence electrons. The molecule has 4 rings (SSSR count). The van der Waals surface area contributed by atoms with E-state index < -0.39 is 42.2 Å². The van der Waals surface area contributed by atoms with E-state index in [4.69, 9.17) is 19.3 Å². The van der Waals surface area contributed by atoms with E-state index in [9.17, 15) is 14.7 Å². The number of aliphatic carboxylic acids is 1. The Labute approximate surface area is 164 Å². The van der Waals surface area contributed by atoms with Gasteiger partial charge in [-0.25, -0.2) is 15.0 Å². The van der Waals surface area contributed by atoms with Gasteiger partial charge in [0.05, 0.1) is 19.4 Å². The number of carbonyl (C=O) groups excluding carboxylic acids is 1. The van der Waals surface area contributed by atoms with Crippen LogP contribution in [-0.4, -0.2) is 72.3 Å². The summed E-state index contributed by atoms with van der Waals surface area (Å²) < 4.78 is 19.4. The van der Waals surface area contributed by atoms with Gasteiger partial charge in [-0.15, -0.1) is 0 Å². The number of aliphatic hydroxyl groups excluding tert-OH is 1. The molecule has 0 radical (unpaired) electrons. The number of amides is 1. The lowest BCUT2D eigenvalue weighted by Crippen LogP contribution is -2.31. The highest BCUT2D eigenvalue weighted by Gasteiger charge is 2.56. The first kappa shape index (κ1) is 19.6. The molecule has 12 heteroatoms. The molecule has 2 fully saturated rings. The van der Waals surface area contributed by atoms with Gasteiger partial charge in [0.25, 0.3) is 0 Å². The van der Waals surface area contributed by atoms with Crippen LogP contribution in [0.1, 0.15) is 32.9 Å². The number of nitrogens with zero attached hydrogens (tertiary/aromatic N) is 4. The van der Waals surface area contributed by atoms with Crippen molar-refractivity contribution in [3.63, 3.8) is 0 Å². The molecule has 0 saturated carbocycles. The summed E-state index contributed by atoms with van der Waals surface area (Å²) in [6, 6.07) is 0. The molecule has 29 heavy (non-hydrogen) atoms. The zero-order valence-corrected chi connectivity index (χ0v) is 15.8. The smallest absolute Gasteiger partial charge is 0.303 e. The largest absolute Gasteiger partial charge is 0.481 e. The normalized spacial score (nSPS) is 27.8. The number of carboxylic acid groups (broad SMARTS) is 1. The van der Waals surface area contributed by atoms with Gasteiger partial charge in [0.15, 0.2) is 29.0 Å². The van der Waals surface area contributed by atoms with Gasteiger partial charge in [-0.2, -0.15) is 0 Å². The van der Waals surface area contributed by atoms with E-state index in [2.05, 4.69) is 20.3 Å². The van der Waals surface area contributed by atoms with Crippen LogP contribution in [0, 0.1) is 0 Å². The number of fused-ring (bicyclic) bond motifs is 2. The predicted octanol–water partition coefficient (Wildman–Crippen LogP) is 0.0394. The number of hydrogen-bond donors (Lipinski definition) is 3. The number of nitrogens with one attached hydrogen (secondary N) is 1. The van der Waals surface area contributed by atoms with Crippen molar-refractivity contribution in [1.29, 1.82) is 0 Å². The standard InChI is InChI=1S/C17H21N5O7/c1-17(2)28-12-8(5-23)27-16(13(12)29-17)22-7-20-11-14(18-6-19-15(11)22)21-9(24)3-4-10(25)26/h6-8,12-13,16,23H,3-5H2,1-2H3,(H,25,26)(H,18,19,21,24). The Morgan fingerprint density at radius 1 is 1.21 bits per heavy atom. The molecule has 2 aromatic rings. The van der Waals surface area contributed by atoms with Crippen LogP contribution in [0.3, 0.4) is 0 Å². The average Bonchev–Trinajstić information content (AvgIpc) is 3.31. The number of carbonyl (C=O) groups is 2. The number of aliphatic hydroxyl groups is 1. The number of anilines is 1. The van der Waals surface area contributed by atoms with Gasteiger partial charge in [-0.3, -0.25) is 14.2 Å². The van der Waals surface area contributed by atoms with Crippen molar-refractivity contribution in [3.8, 4) is 0 Å². The van der Waals surface area contributed by atoms with E-state index in [1.807, 2.05) is 0 Å². The minimum Gasteiger partial charge on any atom is -0.481 e. The molecular weight excluding hydrogens is 386 g/mol. The van der Waals surface area contributed by atoms with Crippen LogP contribution < -0.4 is 5.32 Å². The van der Waals surface area contributed by atoms with Gasteiger partial charge in [-0.1, -0.05) is 0 Å². The van der Waals surface area contributed by atoms with Gasteiger partial charge in [0, 0.05) is 6.42 Å². The fourth-order valence-electron chi connectivity index (χ4n) is 3.57. The van der Waals surface area contributed by atoms with Gasteiger partial charge in [0.1, 0.15) is 24.6 Å². The number of imidazole rings is 1. The van der Waals surface area contributed by atoms with Crippen LogP contribution in [0.25, 0.3) is 11.2 Å². The molecule has 2 aliphatic heterocycles. The third-order valence-corrected chi connectivity index (χ3v) is 4.76. The van der Waals surface area contributed by atoms with Crippen molar-refractivity contribution in [2.75, 3.05) is 11.9 Å². The quantitative estimate of drug-likeness (QED) is 0.597. The van der Waals surface area contributed by atoms with Crippen molar-refractivity contribution in [2.24, 2.45) is 0 Å². The summed E-state index contributed by atoms with van der Waals surface area (Å²) in [7, 11) is 0. The lowest BCUT2D eigenvalue weighted by atomic mass is 10.1. The first-order valence-electron chi connectivity index (χ1n) is 9.10. The molecule has 1 amide bonds. The van der Waals surface area contributed by atoms with Gasteiger partial charge >= 0.3 is 5.97 Å². The van der Waals surface area contributed by atoms with Gasteiger partial charge < -0.3 is 29.7 Å². The van der Waals surface area contributed by atoms with E-state index >= 15 is 0 Å². The molecule has 2 aromatic heterocycles. The van der Waals surface area contributed by atoms with E-state index in [1.165, 1.54) is 12.7 Å². The number of hydrogen-bond acceptors (Lipinski definition) is 9. The van der Waals surface area contributed by atoms with E-state index in [1.54, 1.807) is 18.4 Å². The van der Waals surface area contributed by atoms with Crippen LogP contribution in [0.5, 0.6) is 0 Å². The SMILES string of the molecule is CC1(C)OC2C(CO)OC(n3cnc4c(NC(=O)CCC(=O)O)ncnc43)C2O1. The fourth-order valence-corrected chi connectivity index (χ4v) is 3.57. The fraction of sp³-hybridized carbons (Fsp3) is 0.588. The van der Waals surface area contributed by atoms with Crippen molar-refractivity contribution in [3.05, 3.63) is 12.7 Å². The zero-order chi connectivity index (χ0) is 20.8. The number of ether oxygens (including phenoxy) is 3. The van der Waals surface area contributed by atoms with E-state index in [0.717, 1.165) is 0 Å². The Bertz CT molecular complexity index is 945. The Morgan fingerprint density at radius 3 is 2.69 bits per heavy atom. The molecule has 12 nitrogen and oxygen atoms in total. The van der Waals surface area contributed by atoms with Crippen LogP contribution >= 0.6 is 0 Å². The molecule has 4 unspecified atom stereocenters. The molecule has 0 bridgehead atoms. The number of carboxylic acids is 1. The third kappa shape index (κ3) is 3.67. The van der Waals surface area contributed by atoms with Crippen LogP contribution in [0.2, 0.25) is 0 Å². The molecule has 4 atom stereocenters. The topological polar surface area (TPSA) is 158 Å². The monoisotopic (exact) mass is 407 g/mol. The maximum atomic E-state index is 12.0. The van der Waals surface area contributed by atoms with Gasteiger partial charge in [-0.05, 0) is 13.8 Å². The molecule has 0 aromatic carbocycles. The van der Waals surface area contributed by atoms with Crippen LogP contribution in [0.4, 0.5) is 5.82 Å². The second kappa shape index (κ2) is 7.30. The lowest BCUT2D eigenvalue weighted by Gasteiger charge is -2.24. The summed E-state index contributed by atoms with van der Waals surface area (Å²) in [5.74, 6) is -2.21. The molecular formula is C17H21N5O7.